The minimum Gasteiger partial charge on any atom is -0.450 e. The highest BCUT2D eigenvalue weighted by Crippen LogP contribution is 2.04. The summed E-state index contributed by atoms with van der Waals surface area (Å²) in [6, 6.07) is 9.94. The molecule has 1 atom stereocenters. The molecule has 4 nitrogen and oxygen atoms in total. The Labute approximate surface area is 115 Å². The first-order valence-electron chi connectivity index (χ1n) is 6.72. The van der Waals surface area contributed by atoms with Crippen LogP contribution in [-0.2, 0) is 15.9 Å². The molecule has 0 aliphatic rings. The van der Waals surface area contributed by atoms with Gasteiger partial charge in [-0.05, 0) is 18.4 Å². The van der Waals surface area contributed by atoms with E-state index in [4.69, 9.17) is 9.47 Å². The van der Waals surface area contributed by atoms with Crippen molar-refractivity contribution in [3.63, 3.8) is 0 Å². The summed E-state index contributed by atoms with van der Waals surface area (Å²) in [6.45, 7) is 3.00. The zero-order valence-corrected chi connectivity index (χ0v) is 11.7. The Bertz CT molecular complexity index is 354. The van der Waals surface area contributed by atoms with E-state index in [-0.39, 0.29) is 12.1 Å². The van der Waals surface area contributed by atoms with Crippen LogP contribution in [-0.4, -0.2) is 32.5 Å². The van der Waals surface area contributed by atoms with Crippen LogP contribution >= 0.6 is 0 Å². The summed E-state index contributed by atoms with van der Waals surface area (Å²) in [7, 11) is 1.63. The maximum absolute atomic E-state index is 11.6. The largest absolute Gasteiger partial charge is 0.450 e. The van der Waals surface area contributed by atoms with Crippen LogP contribution < -0.4 is 5.32 Å². The molecule has 4 heteroatoms. The second kappa shape index (κ2) is 9.39. The van der Waals surface area contributed by atoms with E-state index in [1.165, 1.54) is 5.56 Å². The van der Waals surface area contributed by atoms with Crippen LogP contribution in [0.2, 0.25) is 0 Å². The maximum Gasteiger partial charge on any atom is 0.407 e. The van der Waals surface area contributed by atoms with Gasteiger partial charge in [0.05, 0.1) is 19.3 Å². The highest BCUT2D eigenvalue weighted by atomic mass is 16.5. The molecule has 0 bridgehead atoms. The monoisotopic (exact) mass is 265 g/mol. The van der Waals surface area contributed by atoms with Gasteiger partial charge in [-0.15, -0.1) is 0 Å². The van der Waals surface area contributed by atoms with Gasteiger partial charge in [-0.25, -0.2) is 4.79 Å². The molecular formula is C15H23NO3. The first-order chi connectivity index (χ1) is 9.26. The molecule has 0 spiro atoms. The standard InChI is InChI=1S/C15H23NO3/c1-3-4-10-19-15(17)16-14(12-18-2)11-13-8-6-5-7-9-13/h5-9,14H,3-4,10-12H2,1-2H3,(H,16,17)/t14-/m1/s1. The SMILES string of the molecule is CCCCOC(=O)N[C@@H](COC)Cc1ccccc1. The van der Waals surface area contributed by atoms with Crippen LogP contribution in [0.3, 0.4) is 0 Å². The molecule has 0 heterocycles. The quantitative estimate of drug-likeness (QED) is 0.735. The minimum atomic E-state index is -0.369. The normalized spacial score (nSPS) is 11.9. The average Bonchev–Trinajstić information content (AvgIpc) is 2.40. The summed E-state index contributed by atoms with van der Waals surface area (Å²) in [5, 5.41) is 2.84. The maximum atomic E-state index is 11.6. The summed E-state index contributed by atoms with van der Waals surface area (Å²) in [5.74, 6) is 0. The lowest BCUT2D eigenvalue weighted by atomic mass is 10.1. The van der Waals surface area contributed by atoms with Gasteiger partial charge in [-0.3, -0.25) is 0 Å². The zero-order valence-electron chi connectivity index (χ0n) is 11.7. The molecule has 1 aromatic rings. The molecule has 0 aliphatic heterocycles. The number of rotatable bonds is 8. The van der Waals surface area contributed by atoms with Crippen LogP contribution in [0.4, 0.5) is 4.79 Å². The number of ether oxygens (including phenoxy) is 2. The van der Waals surface area contributed by atoms with Crippen LogP contribution in [0.5, 0.6) is 0 Å². The second-order valence-corrected chi connectivity index (χ2v) is 4.48. The smallest absolute Gasteiger partial charge is 0.407 e. The number of methoxy groups -OCH3 is 1. The molecule has 0 aliphatic carbocycles. The molecule has 1 amide bonds. The Morgan fingerprint density at radius 1 is 1.32 bits per heavy atom. The third kappa shape index (κ3) is 6.82. The number of carbonyl (C=O) groups excluding carboxylic acids is 1. The number of benzene rings is 1. The molecule has 1 aromatic carbocycles. The minimum absolute atomic E-state index is 0.0680. The Morgan fingerprint density at radius 2 is 2.05 bits per heavy atom. The molecule has 0 fully saturated rings. The van der Waals surface area contributed by atoms with Crippen molar-refractivity contribution in [3.05, 3.63) is 35.9 Å². The van der Waals surface area contributed by atoms with Crippen LogP contribution in [0.1, 0.15) is 25.3 Å². The van der Waals surface area contributed by atoms with E-state index in [0.29, 0.717) is 13.2 Å². The number of unbranched alkanes of at least 4 members (excludes halogenated alkanes) is 1. The lowest BCUT2D eigenvalue weighted by molar-refractivity contribution is 0.124. The number of hydrogen-bond acceptors (Lipinski definition) is 3. The number of nitrogens with one attached hydrogen (secondary N) is 1. The second-order valence-electron chi connectivity index (χ2n) is 4.48. The molecule has 0 radical (unpaired) electrons. The van der Waals surface area contributed by atoms with Gasteiger partial charge >= 0.3 is 6.09 Å². The van der Waals surface area contributed by atoms with Crippen molar-refractivity contribution in [3.8, 4) is 0 Å². The summed E-state index contributed by atoms with van der Waals surface area (Å²) in [6.07, 6.45) is 2.27. The van der Waals surface area contributed by atoms with E-state index in [1.807, 2.05) is 30.3 Å². The van der Waals surface area contributed by atoms with Crippen LogP contribution in [0.15, 0.2) is 30.3 Å². The predicted octanol–water partition coefficient (Wildman–Crippen LogP) is 2.77. The van der Waals surface area contributed by atoms with E-state index in [2.05, 4.69) is 12.2 Å². The first-order valence-corrected chi connectivity index (χ1v) is 6.72. The summed E-state index contributed by atoms with van der Waals surface area (Å²) in [4.78, 5) is 11.6. The lowest BCUT2D eigenvalue weighted by Crippen LogP contribution is -2.40. The van der Waals surface area contributed by atoms with Gasteiger partial charge in [0.25, 0.3) is 0 Å². The van der Waals surface area contributed by atoms with Gasteiger partial charge < -0.3 is 14.8 Å². The van der Waals surface area contributed by atoms with E-state index in [1.54, 1.807) is 7.11 Å². The van der Waals surface area contributed by atoms with E-state index >= 15 is 0 Å². The molecule has 0 saturated heterocycles. The number of amides is 1. The van der Waals surface area contributed by atoms with Crippen LogP contribution in [0, 0.1) is 0 Å². The molecule has 0 saturated carbocycles. The first kappa shape index (κ1) is 15.5. The Kier molecular flexibility index (Phi) is 7.66. The van der Waals surface area contributed by atoms with E-state index in [9.17, 15) is 4.79 Å². The fourth-order valence-electron chi connectivity index (χ4n) is 1.77. The Hall–Kier alpha value is -1.55. The van der Waals surface area contributed by atoms with Crippen molar-refractivity contribution in [2.24, 2.45) is 0 Å². The summed E-state index contributed by atoms with van der Waals surface area (Å²) in [5.41, 5.74) is 1.17. The third-order valence-electron chi connectivity index (χ3n) is 2.75. The fourth-order valence-corrected chi connectivity index (χ4v) is 1.77. The molecule has 0 aromatic heterocycles. The lowest BCUT2D eigenvalue weighted by Gasteiger charge is -2.17. The zero-order chi connectivity index (χ0) is 13.9. The van der Waals surface area contributed by atoms with Crippen molar-refractivity contribution >= 4 is 6.09 Å². The summed E-state index contributed by atoms with van der Waals surface area (Å²) < 4.78 is 10.2. The molecule has 1 N–H and O–H groups in total. The fraction of sp³-hybridized carbons (Fsp3) is 0.533. The van der Waals surface area contributed by atoms with E-state index < -0.39 is 0 Å². The van der Waals surface area contributed by atoms with Crippen molar-refractivity contribution in [2.75, 3.05) is 20.3 Å². The topological polar surface area (TPSA) is 47.6 Å². The van der Waals surface area contributed by atoms with Crippen molar-refractivity contribution in [2.45, 2.75) is 32.2 Å². The van der Waals surface area contributed by atoms with Gasteiger partial charge in [0.1, 0.15) is 0 Å². The van der Waals surface area contributed by atoms with Crippen molar-refractivity contribution in [1.29, 1.82) is 0 Å². The number of hydrogen-bond donors (Lipinski definition) is 1. The Balaban J connectivity index is 2.41. The third-order valence-corrected chi connectivity index (χ3v) is 2.75. The van der Waals surface area contributed by atoms with Gasteiger partial charge in [-0.1, -0.05) is 43.7 Å². The highest BCUT2D eigenvalue weighted by Gasteiger charge is 2.13. The van der Waals surface area contributed by atoms with Gasteiger partial charge in [0, 0.05) is 7.11 Å². The number of alkyl carbamates (subject to hydrolysis) is 1. The predicted molar refractivity (Wildman–Crippen MR) is 75.2 cm³/mol. The van der Waals surface area contributed by atoms with Gasteiger partial charge in [0.2, 0.25) is 0 Å². The molecule has 0 unspecified atom stereocenters. The Morgan fingerprint density at radius 3 is 2.68 bits per heavy atom. The van der Waals surface area contributed by atoms with Crippen LogP contribution in [0.25, 0.3) is 0 Å². The molecular weight excluding hydrogens is 242 g/mol. The van der Waals surface area contributed by atoms with Crippen molar-refractivity contribution in [1.82, 2.24) is 5.32 Å². The molecule has 106 valence electrons. The number of carbonyl (C=O) groups is 1. The average molecular weight is 265 g/mol. The molecule has 1 rings (SSSR count). The van der Waals surface area contributed by atoms with Gasteiger partial charge in [-0.2, -0.15) is 0 Å². The van der Waals surface area contributed by atoms with Crippen molar-refractivity contribution < 1.29 is 14.3 Å². The van der Waals surface area contributed by atoms with Gasteiger partial charge in [0.15, 0.2) is 0 Å². The molecule has 19 heavy (non-hydrogen) atoms. The highest BCUT2D eigenvalue weighted by molar-refractivity contribution is 5.67. The summed E-state index contributed by atoms with van der Waals surface area (Å²) >= 11 is 0. The van der Waals surface area contributed by atoms with E-state index in [0.717, 1.165) is 19.3 Å².